The van der Waals surface area contributed by atoms with Crippen LogP contribution in [0.4, 0.5) is 0 Å². The molecule has 0 fully saturated rings. The van der Waals surface area contributed by atoms with Crippen LogP contribution in [0.25, 0.3) is 0 Å². The quantitative estimate of drug-likeness (QED) is 0.182. The Balaban J connectivity index is 0.00000392. The first kappa shape index (κ1) is 24.6. The highest BCUT2D eigenvalue weighted by Gasteiger charge is 2.20. The number of pyridine rings is 1. The number of nitrogens with zero attached hydrogens (tertiary/aromatic N) is 3. The molecule has 7 nitrogen and oxygen atoms in total. The predicted octanol–water partition coefficient (Wildman–Crippen LogP) is 4.11. The highest BCUT2D eigenvalue weighted by molar-refractivity contribution is 14.0. The Morgan fingerprint density at radius 2 is 2.14 bits per heavy atom. The molecule has 0 bridgehead atoms. The number of carbonyl (C=O) groups excluding carboxylic acids is 1. The average molecular weight is 538 g/mol. The van der Waals surface area contributed by atoms with Crippen LogP contribution in [0, 0.1) is 6.92 Å². The Labute approximate surface area is 191 Å². The SMILES string of the molecule is CCNC(=NCc1ccc(Cl)nc1)NC(C)c1nc(C)c(C(=O)OCC)s1.I. The molecule has 2 heterocycles. The molecule has 0 spiro atoms. The number of hydrogen-bond donors (Lipinski definition) is 2. The monoisotopic (exact) mass is 537 g/mol. The van der Waals surface area contributed by atoms with Crippen LogP contribution in [0.2, 0.25) is 5.15 Å². The number of nitrogens with one attached hydrogen (secondary N) is 2. The number of guanidine groups is 1. The summed E-state index contributed by atoms with van der Waals surface area (Å²) in [6.07, 6.45) is 1.70. The van der Waals surface area contributed by atoms with Crippen molar-refractivity contribution in [2.45, 2.75) is 40.3 Å². The van der Waals surface area contributed by atoms with E-state index in [0.717, 1.165) is 17.1 Å². The summed E-state index contributed by atoms with van der Waals surface area (Å²) in [7, 11) is 0. The van der Waals surface area contributed by atoms with Crippen LogP contribution in [0.3, 0.4) is 0 Å². The van der Waals surface area contributed by atoms with Gasteiger partial charge in [0.1, 0.15) is 15.0 Å². The minimum absolute atomic E-state index is 0. The lowest BCUT2D eigenvalue weighted by Gasteiger charge is -2.16. The van der Waals surface area contributed by atoms with Crippen LogP contribution in [0.5, 0.6) is 0 Å². The first-order valence-corrected chi connectivity index (χ1v) is 9.93. The van der Waals surface area contributed by atoms with Gasteiger partial charge in [0.05, 0.1) is 24.9 Å². The molecule has 2 aromatic rings. The highest BCUT2D eigenvalue weighted by Crippen LogP contribution is 2.24. The summed E-state index contributed by atoms with van der Waals surface area (Å²) in [4.78, 5) is 25.7. The van der Waals surface area contributed by atoms with Crippen molar-refractivity contribution in [2.24, 2.45) is 4.99 Å². The van der Waals surface area contributed by atoms with Crippen molar-refractivity contribution >= 4 is 58.8 Å². The van der Waals surface area contributed by atoms with Crippen LogP contribution in [0.1, 0.15) is 52.7 Å². The maximum atomic E-state index is 12.0. The van der Waals surface area contributed by atoms with Gasteiger partial charge >= 0.3 is 5.97 Å². The number of aromatic nitrogens is 2. The molecule has 0 saturated heterocycles. The number of rotatable bonds is 7. The minimum atomic E-state index is -0.332. The van der Waals surface area contributed by atoms with Gasteiger partial charge in [0, 0.05) is 12.7 Å². The Morgan fingerprint density at radius 3 is 2.75 bits per heavy atom. The van der Waals surface area contributed by atoms with Crippen molar-refractivity contribution in [3.8, 4) is 0 Å². The summed E-state index contributed by atoms with van der Waals surface area (Å²) in [5.41, 5.74) is 1.63. The van der Waals surface area contributed by atoms with E-state index in [0.29, 0.717) is 34.8 Å². The zero-order valence-electron chi connectivity index (χ0n) is 16.3. The molecule has 0 aliphatic carbocycles. The van der Waals surface area contributed by atoms with E-state index < -0.39 is 0 Å². The number of thiazole rings is 1. The molecule has 154 valence electrons. The number of aliphatic imine (C=N–C) groups is 1. The second-order valence-corrected chi connectivity index (χ2v) is 7.16. The molecule has 0 aliphatic heterocycles. The molecular weight excluding hydrogens is 513 g/mol. The predicted molar refractivity (Wildman–Crippen MR) is 124 cm³/mol. The number of hydrogen-bond acceptors (Lipinski definition) is 6. The molecule has 1 atom stereocenters. The minimum Gasteiger partial charge on any atom is -0.462 e. The maximum Gasteiger partial charge on any atom is 0.350 e. The Bertz CT molecular complexity index is 798. The first-order chi connectivity index (χ1) is 12.9. The molecule has 0 aromatic carbocycles. The average Bonchev–Trinajstić information content (AvgIpc) is 3.03. The summed E-state index contributed by atoms with van der Waals surface area (Å²) in [6, 6.07) is 3.52. The summed E-state index contributed by atoms with van der Waals surface area (Å²) in [5.74, 6) is 0.326. The lowest BCUT2D eigenvalue weighted by Crippen LogP contribution is -2.38. The molecule has 10 heteroatoms. The normalized spacial score (nSPS) is 12.1. The number of aryl methyl sites for hydroxylation is 1. The van der Waals surface area contributed by atoms with Gasteiger partial charge in [0.2, 0.25) is 0 Å². The van der Waals surface area contributed by atoms with E-state index >= 15 is 0 Å². The standard InChI is InChI=1S/C18H24ClN5O2S.HI/c1-5-20-18(22-10-13-7-8-14(19)21-9-13)24-12(4)16-23-11(3)15(27-16)17(25)26-6-2;/h7-9,12H,5-6,10H2,1-4H3,(H2,20,22,24);1H. The van der Waals surface area contributed by atoms with Gasteiger partial charge in [-0.1, -0.05) is 17.7 Å². The van der Waals surface area contributed by atoms with Crippen molar-refractivity contribution < 1.29 is 9.53 Å². The fraction of sp³-hybridized carbons (Fsp3) is 0.444. The number of halogens is 2. The van der Waals surface area contributed by atoms with Gasteiger partial charge in [0.15, 0.2) is 5.96 Å². The molecular formula is C18H25ClIN5O2S. The van der Waals surface area contributed by atoms with Crippen LogP contribution in [0.15, 0.2) is 23.3 Å². The van der Waals surface area contributed by atoms with Crippen LogP contribution >= 0.6 is 46.9 Å². The summed E-state index contributed by atoms with van der Waals surface area (Å²) < 4.78 is 5.08. The topological polar surface area (TPSA) is 88.5 Å². The molecule has 2 rings (SSSR count). The van der Waals surface area contributed by atoms with E-state index in [4.69, 9.17) is 16.3 Å². The van der Waals surface area contributed by atoms with Crippen LogP contribution in [-0.4, -0.2) is 35.0 Å². The van der Waals surface area contributed by atoms with E-state index in [1.54, 1.807) is 19.2 Å². The van der Waals surface area contributed by atoms with Crippen molar-refractivity contribution in [1.29, 1.82) is 0 Å². The Morgan fingerprint density at radius 1 is 1.39 bits per heavy atom. The van der Waals surface area contributed by atoms with Crippen LogP contribution < -0.4 is 10.6 Å². The van der Waals surface area contributed by atoms with Crippen molar-refractivity contribution in [3.05, 3.63) is 44.6 Å². The van der Waals surface area contributed by atoms with Gasteiger partial charge < -0.3 is 15.4 Å². The van der Waals surface area contributed by atoms with E-state index in [9.17, 15) is 4.79 Å². The van der Waals surface area contributed by atoms with Crippen LogP contribution in [-0.2, 0) is 11.3 Å². The zero-order valence-corrected chi connectivity index (χ0v) is 20.2. The molecule has 28 heavy (non-hydrogen) atoms. The van der Waals surface area contributed by atoms with E-state index in [-0.39, 0.29) is 36.0 Å². The largest absolute Gasteiger partial charge is 0.462 e. The van der Waals surface area contributed by atoms with Crippen molar-refractivity contribution in [1.82, 2.24) is 20.6 Å². The Hall–Kier alpha value is -1.46. The number of ether oxygens (including phenoxy) is 1. The second kappa shape index (κ2) is 12.2. The van der Waals surface area contributed by atoms with E-state index in [2.05, 4.69) is 25.6 Å². The first-order valence-electron chi connectivity index (χ1n) is 8.74. The molecule has 0 saturated carbocycles. The molecule has 0 amide bonds. The van der Waals surface area contributed by atoms with Gasteiger partial charge in [-0.3, -0.25) is 0 Å². The third-order valence-electron chi connectivity index (χ3n) is 3.55. The van der Waals surface area contributed by atoms with Gasteiger partial charge in [0.25, 0.3) is 0 Å². The van der Waals surface area contributed by atoms with Gasteiger partial charge in [-0.05, 0) is 39.3 Å². The van der Waals surface area contributed by atoms with Gasteiger partial charge in [-0.15, -0.1) is 35.3 Å². The lowest BCUT2D eigenvalue weighted by molar-refractivity contribution is 0.0531. The lowest BCUT2D eigenvalue weighted by atomic mass is 10.3. The highest BCUT2D eigenvalue weighted by atomic mass is 127. The van der Waals surface area contributed by atoms with Gasteiger partial charge in [-0.2, -0.15) is 0 Å². The number of carbonyl (C=O) groups is 1. The van der Waals surface area contributed by atoms with E-state index in [1.807, 2.05) is 26.8 Å². The molecule has 1 unspecified atom stereocenters. The third kappa shape index (κ3) is 7.17. The maximum absolute atomic E-state index is 12.0. The summed E-state index contributed by atoms with van der Waals surface area (Å²) in [6.45, 7) is 9.11. The fourth-order valence-corrected chi connectivity index (χ4v) is 3.32. The molecule has 0 radical (unpaired) electrons. The summed E-state index contributed by atoms with van der Waals surface area (Å²) >= 11 is 7.14. The molecule has 0 aliphatic rings. The third-order valence-corrected chi connectivity index (χ3v) is 5.09. The van der Waals surface area contributed by atoms with E-state index in [1.165, 1.54) is 11.3 Å². The van der Waals surface area contributed by atoms with Crippen molar-refractivity contribution in [2.75, 3.05) is 13.2 Å². The Kier molecular flexibility index (Phi) is 10.7. The smallest absolute Gasteiger partial charge is 0.350 e. The summed E-state index contributed by atoms with van der Waals surface area (Å²) in [5, 5.41) is 7.78. The zero-order chi connectivity index (χ0) is 19.8. The second-order valence-electron chi connectivity index (χ2n) is 5.74. The number of esters is 1. The molecule has 2 aromatic heterocycles. The molecule has 2 N–H and O–H groups in total. The van der Waals surface area contributed by atoms with Gasteiger partial charge in [-0.25, -0.2) is 19.8 Å². The van der Waals surface area contributed by atoms with Crippen molar-refractivity contribution in [3.63, 3.8) is 0 Å². The fourth-order valence-electron chi connectivity index (χ4n) is 2.25.